The van der Waals surface area contributed by atoms with Crippen molar-refractivity contribution in [3.63, 3.8) is 0 Å². The van der Waals surface area contributed by atoms with Crippen molar-refractivity contribution in [2.24, 2.45) is 5.73 Å². The summed E-state index contributed by atoms with van der Waals surface area (Å²) in [7, 11) is 1.42. The maximum Gasteiger partial charge on any atom is 0.323 e. The molecule has 26 heavy (non-hydrogen) atoms. The molecule has 4 rings (SSSR count). The number of esters is 1. The Morgan fingerprint density at radius 3 is 2.96 bits per heavy atom. The molecule has 0 saturated carbocycles. The maximum absolute atomic E-state index is 12.2. The lowest BCUT2D eigenvalue weighted by Crippen LogP contribution is -2.50. The van der Waals surface area contributed by atoms with E-state index in [9.17, 15) is 4.79 Å². The van der Waals surface area contributed by atoms with Gasteiger partial charge < -0.3 is 24.9 Å². The Balaban J connectivity index is 1.64. The third-order valence-electron chi connectivity index (χ3n) is 5.36. The second-order valence-electron chi connectivity index (χ2n) is 7.07. The Bertz CT molecular complexity index is 805. The number of ether oxygens (including phenoxy) is 3. The first-order valence-electron chi connectivity index (χ1n) is 9.02. The lowest BCUT2D eigenvalue weighted by molar-refractivity contribution is -0.220. The molecule has 140 valence electrons. The van der Waals surface area contributed by atoms with Crippen LogP contribution >= 0.6 is 0 Å². The van der Waals surface area contributed by atoms with E-state index in [4.69, 9.17) is 19.9 Å². The van der Waals surface area contributed by atoms with Gasteiger partial charge in [0.25, 0.3) is 0 Å². The first-order valence-corrected chi connectivity index (χ1v) is 9.02. The third kappa shape index (κ3) is 3.12. The number of rotatable bonds is 3. The number of aromatic amines is 1. The summed E-state index contributed by atoms with van der Waals surface area (Å²) in [5.41, 5.74) is 9.25. The zero-order valence-electron chi connectivity index (χ0n) is 15.0. The average molecular weight is 359 g/mol. The third-order valence-corrected chi connectivity index (χ3v) is 5.36. The van der Waals surface area contributed by atoms with Crippen molar-refractivity contribution in [1.82, 2.24) is 10.3 Å². The van der Waals surface area contributed by atoms with E-state index in [0.717, 1.165) is 22.2 Å². The molecule has 0 radical (unpaired) electrons. The van der Waals surface area contributed by atoms with E-state index < -0.39 is 0 Å². The normalized spacial score (nSPS) is 31.6. The number of aromatic nitrogens is 1. The molecule has 7 heteroatoms. The molecule has 0 aliphatic carbocycles. The van der Waals surface area contributed by atoms with E-state index in [2.05, 4.69) is 16.4 Å². The number of hydrogen-bond donors (Lipinski definition) is 3. The van der Waals surface area contributed by atoms with Gasteiger partial charge in [-0.3, -0.25) is 10.1 Å². The topological polar surface area (TPSA) is 98.6 Å². The standard InChI is InChI=1S/C19H25N3O4/c1-10-13(20)9-25-17(26-10)8-15-18-12(7-16(21-15)19(23)24-2)11-5-3-4-6-14(11)22-18/h3-6,10,13,15-17,21-22H,7-9,20H2,1-2H3/t10-,13-,15-,16+,17+/m1/s1. The predicted molar refractivity (Wildman–Crippen MR) is 96.6 cm³/mol. The number of methoxy groups -OCH3 is 1. The first kappa shape index (κ1) is 17.5. The van der Waals surface area contributed by atoms with Crippen molar-refractivity contribution < 1.29 is 19.0 Å². The molecule has 1 fully saturated rings. The van der Waals surface area contributed by atoms with Crippen LogP contribution < -0.4 is 11.1 Å². The molecule has 1 saturated heterocycles. The minimum Gasteiger partial charge on any atom is -0.468 e. The van der Waals surface area contributed by atoms with Crippen LogP contribution in [0.3, 0.4) is 0 Å². The van der Waals surface area contributed by atoms with Gasteiger partial charge in [-0.25, -0.2) is 0 Å². The van der Waals surface area contributed by atoms with Crippen LogP contribution in [0.1, 0.15) is 30.6 Å². The summed E-state index contributed by atoms with van der Waals surface area (Å²) in [6.07, 6.45) is 0.759. The molecule has 5 atom stereocenters. The van der Waals surface area contributed by atoms with Gasteiger partial charge in [0.05, 0.1) is 31.9 Å². The second kappa shape index (κ2) is 7.00. The van der Waals surface area contributed by atoms with Crippen LogP contribution in [0.15, 0.2) is 24.3 Å². The monoisotopic (exact) mass is 359 g/mol. The molecule has 0 unspecified atom stereocenters. The summed E-state index contributed by atoms with van der Waals surface area (Å²) < 4.78 is 16.6. The zero-order chi connectivity index (χ0) is 18.3. The highest BCUT2D eigenvalue weighted by molar-refractivity contribution is 5.87. The van der Waals surface area contributed by atoms with Gasteiger partial charge in [-0.2, -0.15) is 0 Å². The Kier molecular flexibility index (Phi) is 4.71. The number of nitrogens with one attached hydrogen (secondary N) is 2. The Morgan fingerprint density at radius 2 is 2.19 bits per heavy atom. The number of carbonyl (C=O) groups excluding carboxylic acids is 1. The summed E-state index contributed by atoms with van der Waals surface area (Å²) in [5, 5.41) is 4.54. The van der Waals surface area contributed by atoms with Crippen LogP contribution in [-0.2, 0) is 25.4 Å². The van der Waals surface area contributed by atoms with Crippen LogP contribution in [0.4, 0.5) is 0 Å². The Morgan fingerprint density at radius 1 is 1.38 bits per heavy atom. The van der Waals surface area contributed by atoms with Crippen LogP contribution in [-0.4, -0.2) is 49.1 Å². The lowest BCUT2D eigenvalue weighted by Gasteiger charge is -2.36. The highest BCUT2D eigenvalue weighted by atomic mass is 16.7. The number of benzene rings is 1. The summed E-state index contributed by atoms with van der Waals surface area (Å²) in [6, 6.07) is 7.54. The number of fused-ring (bicyclic) bond motifs is 3. The molecular formula is C19H25N3O4. The smallest absolute Gasteiger partial charge is 0.323 e. The van der Waals surface area contributed by atoms with Crippen molar-refractivity contribution in [3.8, 4) is 0 Å². The van der Waals surface area contributed by atoms with Crippen molar-refractivity contribution in [2.75, 3.05) is 13.7 Å². The minimum absolute atomic E-state index is 0.0593. The summed E-state index contributed by atoms with van der Waals surface area (Å²) >= 11 is 0. The zero-order valence-corrected chi connectivity index (χ0v) is 15.0. The fourth-order valence-electron chi connectivity index (χ4n) is 3.86. The van der Waals surface area contributed by atoms with E-state index in [1.807, 2.05) is 25.1 Å². The van der Waals surface area contributed by atoms with Crippen molar-refractivity contribution in [1.29, 1.82) is 0 Å². The number of carbonyl (C=O) groups is 1. The maximum atomic E-state index is 12.2. The van der Waals surface area contributed by atoms with Gasteiger partial charge in [-0.1, -0.05) is 18.2 Å². The number of para-hydroxylation sites is 1. The fraction of sp³-hybridized carbons (Fsp3) is 0.526. The van der Waals surface area contributed by atoms with Gasteiger partial charge in [0.1, 0.15) is 6.04 Å². The second-order valence-corrected chi connectivity index (χ2v) is 7.07. The van der Waals surface area contributed by atoms with Gasteiger partial charge in [0, 0.05) is 29.4 Å². The Hall–Kier alpha value is -1.93. The van der Waals surface area contributed by atoms with E-state index in [-0.39, 0.29) is 36.5 Å². The van der Waals surface area contributed by atoms with E-state index in [1.165, 1.54) is 7.11 Å². The highest BCUT2D eigenvalue weighted by Gasteiger charge is 2.36. The molecule has 1 aromatic carbocycles. The number of H-pyrrole nitrogens is 1. The molecule has 2 aromatic rings. The highest BCUT2D eigenvalue weighted by Crippen LogP contribution is 2.35. The van der Waals surface area contributed by atoms with Crippen molar-refractivity contribution in [3.05, 3.63) is 35.5 Å². The molecule has 2 aliphatic rings. The molecule has 4 N–H and O–H groups in total. The van der Waals surface area contributed by atoms with Gasteiger partial charge >= 0.3 is 5.97 Å². The van der Waals surface area contributed by atoms with Crippen molar-refractivity contribution >= 4 is 16.9 Å². The number of nitrogens with two attached hydrogens (primary N) is 1. The number of hydrogen-bond acceptors (Lipinski definition) is 6. The molecular weight excluding hydrogens is 334 g/mol. The van der Waals surface area contributed by atoms with Gasteiger partial charge in [-0.05, 0) is 18.6 Å². The van der Waals surface area contributed by atoms with Crippen LogP contribution in [0.5, 0.6) is 0 Å². The summed E-state index contributed by atoms with van der Waals surface area (Å²) in [4.78, 5) is 15.7. The van der Waals surface area contributed by atoms with E-state index >= 15 is 0 Å². The van der Waals surface area contributed by atoms with Crippen LogP contribution in [0.25, 0.3) is 10.9 Å². The molecule has 0 bridgehead atoms. The lowest BCUT2D eigenvalue weighted by atomic mass is 9.92. The van der Waals surface area contributed by atoms with Crippen LogP contribution in [0.2, 0.25) is 0 Å². The van der Waals surface area contributed by atoms with Crippen LogP contribution in [0, 0.1) is 0 Å². The molecule has 0 spiro atoms. The average Bonchev–Trinajstić information content (AvgIpc) is 3.03. The quantitative estimate of drug-likeness (QED) is 0.716. The summed E-state index contributed by atoms with van der Waals surface area (Å²) in [5.74, 6) is -0.258. The fourth-order valence-corrected chi connectivity index (χ4v) is 3.86. The van der Waals surface area contributed by atoms with Gasteiger partial charge in [0.15, 0.2) is 6.29 Å². The molecule has 1 aromatic heterocycles. The Labute approximate surface area is 152 Å². The van der Waals surface area contributed by atoms with E-state index in [0.29, 0.717) is 19.4 Å². The van der Waals surface area contributed by atoms with Crippen molar-refractivity contribution in [2.45, 2.75) is 50.3 Å². The largest absolute Gasteiger partial charge is 0.468 e. The molecule has 2 aliphatic heterocycles. The van der Waals surface area contributed by atoms with Gasteiger partial charge in [-0.15, -0.1) is 0 Å². The first-order chi connectivity index (χ1) is 12.6. The predicted octanol–water partition coefficient (Wildman–Crippen LogP) is 1.38. The summed E-state index contributed by atoms with van der Waals surface area (Å²) in [6.45, 7) is 2.43. The molecule has 7 nitrogen and oxygen atoms in total. The molecule has 0 amide bonds. The molecule has 3 heterocycles. The van der Waals surface area contributed by atoms with E-state index in [1.54, 1.807) is 0 Å². The SMILES string of the molecule is COC(=O)[C@@H]1Cc2c([nH]c3ccccc23)[C@@H](C[C@H]2OC[C@@H](N)[C@@H](C)O2)N1. The minimum atomic E-state index is -0.389. The van der Waals surface area contributed by atoms with Gasteiger partial charge in [0.2, 0.25) is 0 Å².